The molecule has 1 fully saturated rings. The minimum atomic E-state index is -0.734. The number of nitrogens with one attached hydrogen (secondary N) is 1. The van der Waals surface area contributed by atoms with E-state index in [9.17, 15) is 9.59 Å². The SMILES string of the molecule is CC1(C)C(=O)NC(=O)CN1Cc1ccc(Cl)c(N)c1. The number of nitrogens with zero attached hydrogens (tertiary/aromatic N) is 1. The van der Waals surface area contributed by atoms with E-state index in [0.29, 0.717) is 17.3 Å². The van der Waals surface area contributed by atoms with Gasteiger partial charge in [0.05, 0.1) is 22.8 Å². The topological polar surface area (TPSA) is 75.4 Å². The summed E-state index contributed by atoms with van der Waals surface area (Å²) in [5, 5.41) is 2.84. The van der Waals surface area contributed by atoms with E-state index in [1.54, 1.807) is 26.0 Å². The van der Waals surface area contributed by atoms with Gasteiger partial charge in [0, 0.05) is 6.54 Å². The minimum Gasteiger partial charge on any atom is -0.398 e. The molecule has 0 aromatic heterocycles. The van der Waals surface area contributed by atoms with Gasteiger partial charge in [0.2, 0.25) is 11.8 Å². The Balaban J connectivity index is 2.23. The number of amides is 2. The number of hydrogen-bond donors (Lipinski definition) is 2. The third-order valence-electron chi connectivity index (χ3n) is 3.37. The molecule has 1 aliphatic heterocycles. The van der Waals surface area contributed by atoms with Crippen LogP contribution in [0.1, 0.15) is 19.4 Å². The van der Waals surface area contributed by atoms with Gasteiger partial charge in [-0.1, -0.05) is 17.7 Å². The second kappa shape index (κ2) is 4.83. The Hall–Kier alpha value is -1.59. The summed E-state index contributed by atoms with van der Waals surface area (Å²) in [6.45, 7) is 4.22. The highest BCUT2D eigenvalue weighted by Gasteiger charge is 2.40. The highest BCUT2D eigenvalue weighted by molar-refractivity contribution is 6.33. The first-order valence-electron chi connectivity index (χ1n) is 5.94. The number of halogens is 1. The first kappa shape index (κ1) is 13.8. The van der Waals surface area contributed by atoms with Gasteiger partial charge in [0.1, 0.15) is 0 Å². The standard InChI is InChI=1S/C13H16ClN3O2/c1-13(2)12(19)16-11(18)7-17(13)6-8-3-4-9(14)10(15)5-8/h3-5H,6-7,15H2,1-2H3,(H,16,18,19). The number of carbonyl (C=O) groups excluding carboxylic acids is 2. The van der Waals surface area contributed by atoms with Crippen LogP contribution < -0.4 is 11.1 Å². The summed E-state index contributed by atoms with van der Waals surface area (Å²) in [6.07, 6.45) is 0. The van der Waals surface area contributed by atoms with E-state index < -0.39 is 5.54 Å². The van der Waals surface area contributed by atoms with Gasteiger partial charge in [0.15, 0.2) is 0 Å². The van der Waals surface area contributed by atoms with Crippen molar-refractivity contribution in [2.45, 2.75) is 25.9 Å². The van der Waals surface area contributed by atoms with Crippen LogP contribution in [0.5, 0.6) is 0 Å². The van der Waals surface area contributed by atoms with Crippen LogP contribution >= 0.6 is 11.6 Å². The number of rotatable bonds is 2. The third-order valence-corrected chi connectivity index (χ3v) is 3.71. The van der Waals surface area contributed by atoms with Crippen molar-refractivity contribution in [3.63, 3.8) is 0 Å². The fourth-order valence-electron chi connectivity index (χ4n) is 2.00. The highest BCUT2D eigenvalue weighted by Crippen LogP contribution is 2.24. The van der Waals surface area contributed by atoms with Crippen LogP contribution in [-0.2, 0) is 16.1 Å². The Morgan fingerprint density at radius 2 is 2.11 bits per heavy atom. The quantitative estimate of drug-likeness (QED) is 0.630. The van der Waals surface area contributed by atoms with E-state index in [1.165, 1.54) is 0 Å². The van der Waals surface area contributed by atoms with Crippen molar-refractivity contribution in [1.82, 2.24) is 10.2 Å². The lowest BCUT2D eigenvalue weighted by molar-refractivity contribution is -0.145. The van der Waals surface area contributed by atoms with Gasteiger partial charge in [-0.15, -0.1) is 0 Å². The van der Waals surface area contributed by atoms with Gasteiger partial charge in [-0.05, 0) is 31.5 Å². The molecule has 1 heterocycles. The summed E-state index contributed by atoms with van der Waals surface area (Å²) in [6, 6.07) is 5.31. The van der Waals surface area contributed by atoms with E-state index in [0.717, 1.165) is 5.56 Å². The maximum absolute atomic E-state index is 11.8. The summed E-state index contributed by atoms with van der Waals surface area (Å²) in [5.74, 6) is -0.572. The van der Waals surface area contributed by atoms with E-state index in [-0.39, 0.29) is 18.4 Å². The zero-order chi connectivity index (χ0) is 14.2. The average molecular weight is 282 g/mol. The molecule has 0 radical (unpaired) electrons. The average Bonchev–Trinajstić information content (AvgIpc) is 2.31. The summed E-state index contributed by atoms with van der Waals surface area (Å²) < 4.78 is 0. The molecular formula is C13H16ClN3O2. The second-order valence-electron chi connectivity index (χ2n) is 5.15. The van der Waals surface area contributed by atoms with Crippen LogP contribution in [0.2, 0.25) is 5.02 Å². The fraction of sp³-hybridized carbons (Fsp3) is 0.385. The van der Waals surface area contributed by atoms with Gasteiger partial charge in [0.25, 0.3) is 0 Å². The predicted octanol–water partition coefficient (Wildman–Crippen LogP) is 1.16. The Kier molecular flexibility index (Phi) is 3.52. The van der Waals surface area contributed by atoms with Crippen LogP contribution in [0.25, 0.3) is 0 Å². The van der Waals surface area contributed by atoms with Crippen molar-refractivity contribution in [1.29, 1.82) is 0 Å². The lowest BCUT2D eigenvalue weighted by Crippen LogP contribution is -2.63. The van der Waals surface area contributed by atoms with Crippen LogP contribution in [0.3, 0.4) is 0 Å². The Labute approximate surface area is 116 Å². The first-order valence-corrected chi connectivity index (χ1v) is 6.32. The van der Waals surface area contributed by atoms with E-state index >= 15 is 0 Å². The molecule has 3 N–H and O–H groups in total. The van der Waals surface area contributed by atoms with Crippen LogP contribution in [-0.4, -0.2) is 28.8 Å². The van der Waals surface area contributed by atoms with Crippen molar-refractivity contribution in [2.24, 2.45) is 0 Å². The number of nitrogen functional groups attached to an aromatic ring is 1. The molecule has 0 bridgehead atoms. The maximum Gasteiger partial charge on any atom is 0.246 e. The molecule has 2 amide bonds. The number of anilines is 1. The molecule has 2 rings (SSSR count). The highest BCUT2D eigenvalue weighted by atomic mass is 35.5. The van der Waals surface area contributed by atoms with Crippen LogP contribution in [0.15, 0.2) is 18.2 Å². The van der Waals surface area contributed by atoms with E-state index in [4.69, 9.17) is 17.3 Å². The lowest BCUT2D eigenvalue weighted by atomic mass is 9.97. The number of piperazine rings is 1. The van der Waals surface area contributed by atoms with Crippen molar-refractivity contribution >= 4 is 29.1 Å². The van der Waals surface area contributed by atoms with Gasteiger partial charge < -0.3 is 5.73 Å². The second-order valence-corrected chi connectivity index (χ2v) is 5.56. The summed E-state index contributed by atoms with van der Waals surface area (Å²) in [7, 11) is 0. The summed E-state index contributed by atoms with van der Waals surface area (Å²) >= 11 is 5.87. The van der Waals surface area contributed by atoms with Crippen molar-refractivity contribution < 1.29 is 9.59 Å². The van der Waals surface area contributed by atoms with Crippen LogP contribution in [0, 0.1) is 0 Å². The Bertz CT molecular complexity index is 543. The van der Waals surface area contributed by atoms with Gasteiger partial charge in [-0.3, -0.25) is 19.8 Å². The smallest absolute Gasteiger partial charge is 0.246 e. The molecular weight excluding hydrogens is 266 g/mol. The Morgan fingerprint density at radius 1 is 1.42 bits per heavy atom. The molecule has 0 unspecified atom stereocenters. The monoisotopic (exact) mass is 281 g/mol. The van der Waals surface area contributed by atoms with E-state index in [2.05, 4.69) is 5.32 Å². The molecule has 1 aromatic carbocycles. The Morgan fingerprint density at radius 3 is 2.74 bits per heavy atom. The largest absolute Gasteiger partial charge is 0.398 e. The predicted molar refractivity (Wildman–Crippen MR) is 73.5 cm³/mol. The molecule has 1 aliphatic rings. The molecule has 102 valence electrons. The molecule has 19 heavy (non-hydrogen) atoms. The lowest BCUT2D eigenvalue weighted by Gasteiger charge is -2.40. The molecule has 0 aliphatic carbocycles. The molecule has 0 atom stereocenters. The molecule has 6 heteroatoms. The fourth-order valence-corrected chi connectivity index (χ4v) is 2.12. The number of hydrogen-bond acceptors (Lipinski definition) is 4. The molecule has 1 aromatic rings. The third kappa shape index (κ3) is 2.72. The zero-order valence-corrected chi connectivity index (χ0v) is 11.6. The maximum atomic E-state index is 11.8. The van der Waals surface area contributed by atoms with Crippen molar-refractivity contribution in [3.05, 3.63) is 28.8 Å². The molecule has 0 spiro atoms. The summed E-state index contributed by atoms with van der Waals surface area (Å²) in [4.78, 5) is 25.1. The normalized spacial score (nSPS) is 19.3. The van der Waals surface area contributed by atoms with Gasteiger partial charge in [-0.25, -0.2) is 0 Å². The van der Waals surface area contributed by atoms with Gasteiger partial charge >= 0.3 is 0 Å². The van der Waals surface area contributed by atoms with Crippen molar-refractivity contribution in [2.75, 3.05) is 12.3 Å². The van der Waals surface area contributed by atoms with Gasteiger partial charge in [-0.2, -0.15) is 0 Å². The minimum absolute atomic E-state index is 0.182. The van der Waals surface area contributed by atoms with Crippen LogP contribution in [0.4, 0.5) is 5.69 Å². The number of nitrogens with two attached hydrogens (primary N) is 1. The molecule has 5 nitrogen and oxygen atoms in total. The first-order chi connectivity index (χ1) is 8.80. The number of benzene rings is 1. The van der Waals surface area contributed by atoms with Crippen molar-refractivity contribution in [3.8, 4) is 0 Å². The molecule has 1 saturated heterocycles. The summed E-state index contributed by atoms with van der Waals surface area (Å²) in [5.41, 5.74) is 6.42. The molecule has 0 saturated carbocycles. The van der Waals surface area contributed by atoms with E-state index in [1.807, 2.05) is 11.0 Å². The number of carbonyl (C=O) groups is 2. The number of imide groups is 1. The zero-order valence-electron chi connectivity index (χ0n) is 10.9.